The fourth-order valence-corrected chi connectivity index (χ4v) is 8.42. The number of unbranched alkanes of at least 4 members (excludes halogenated alkanes) is 27. The molecule has 0 rings (SSSR count). The van der Waals surface area contributed by atoms with E-state index < -0.39 is 0 Å². The molecule has 0 aliphatic carbocycles. The van der Waals surface area contributed by atoms with Crippen molar-refractivity contribution in [2.45, 2.75) is 251 Å². The Morgan fingerprint density at radius 2 is 0.680 bits per heavy atom. The number of hydrogen-bond donors (Lipinski definition) is 0. The van der Waals surface area contributed by atoms with Crippen LogP contribution in [0.1, 0.15) is 251 Å². The molecule has 0 spiro atoms. The largest absolute Gasteiger partial charge is 0.103 e. The molecule has 0 amide bonds. The molecular formula is C50H94. The van der Waals surface area contributed by atoms with Gasteiger partial charge in [-0.05, 0) is 82.0 Å². The highest BCUT2D eigenvalue weighted by Crippen LogP contribution is 2.39. The van der Waals surface area contributed by atoms with Crippen LogP contribution >= 0.6 is 0 Å². The van der Waals surface area contributed by atoms with Gasteiger partial charge in [0.2, 0.25) is 0 Å². The van der Waals surface area contributed by atoms with E-state index in [2.05, 4.69) is 64.0 Å². The zero-order valence-electron chi connectivity index (χ0n) is 34.9. The molecule has 0 saturated carbocycles. The third-order valence-corrected chi connectivity index (χ3v) is 11.6. The second kappa shape index (κ2) is 42.4. The fourth-order valence-electron chi connectivity index (χ4n) is 8.42. The summed E-state index contributed by atoms with van der Waals surface area (Å²) in [4.78, 5) is 0. The number of rotatable bonds is 43. The molecule has 0 heteroatoms. The Morgan fingerprint density at radius 3 is 1.10 bits per heavy atom. The zero-order valence-corrected chi connectivity index (χ0v) is 34.9. The first-order valence-electron chi connectivity index (χ1n) is 23.2. The van der Waals surface area contributed by atoms with Gasteiger partial charge in [0.15, 0.2) is 0 Å². The molecule has 294 valence electrons. The quantitative estimate of drug-likeness (QED) is 0.0440. The molecule has 0 aromatic carbocycles. The average molecular weight is 695 g/mol. The molecule has 0 aliphatic heterocycles. The highest BCUT2D eigenvalue weighted by molar-refractivity contribution is 4.84. The van der Waals surface area contributed by atoms with Gasteiger partial charge < -0.3 is 0 Å². The van der Waals surface area contributed by atoms with E-state index in [1.807, 2.05) is 0 Å². The first-order valence-corrected chi connectivity index (χ1v) is 23.2. The third-order valence-electron chi connectivity index (χ3n) is 11.6. The number of allylic oxidation sites excluding steroid dienone is 5. The third kappa shape index (κ3) is 34.1. The summed E-state index contributed by atoms with van der Waals surface area (Å²) < 4.78 is 0. The second-order valence-electron chi connectivity index (χ2n) is 16.3. The van der Waals surface area contributed by atoms with Gasteiger partial charge in [0, 0.05) is 0 Å². The van der Waals surface area contributed by atoms with Crippen LogP contribution in [-0.4, -0.2) is 0 Å². The summed E-state index contributed by atoms with van der Waals surface area (Å²) in [6, 6.07) is 0. The summed E-state index contributed by atoms with van der Waals surface area (Å²) in [6.45, 7) is 16.7. The number of hydrogen-bond acceptors (Lipinski definition) is 0. The summed E-state index contributed by atoms with van der Waals surface area (Å²) in [7, 11) is 0. The van der Waals surface area contributed by atoms with E-state index in [1.165, 1.54) is 238 Å². The van der Waals surface area contributed by atoms with Crippen molar-refractivity contribution in [3.05, 3.63) is 50.1 Å². The Kier molecular flexibility index (Phi) is 41.5. The van der Waals surface area contributed by atoms with Crippen LogP contribution in [0.5, 0.6) is 0 Å². The van der Waals surface area contributed by atoms with Crippen LogP contribution in [0.2, 0.25) is 0 Å². The molecular weight excluding hydrogens is 601 g/mol. The lowest BCUT2D eigenvalue weighted by atomic mass is 9.71. The minimum Gasteiger partial charge on any atom is -0.103 e. The van der Waals surface area contributed by atoms with Crippen molar-refractivity contribution < 1.29 is 0 Å². The maximum atomic E-state index is 4.30. The summed E-state index contributed by atoms with van der Waals surface area (Å²) in [5, 5.41) is 0. The van der Waals surface area contributed by atoms with E-state index in [0.717, 1.165) is 17.8 Å². The van der Waals surface area contributed by atoms with Gasteiger partial charge in [-0.1, -0.05) is 218 Å². The van der Waals surface area contributed by atoms with E-state index in [0.29, 0.717) is 0 Å². The molecule has 0 bridgehead atoms. The van der Waals surface area contributed by atoms with Gasteiger partial charge in [0.05, 0.1) is 0 Å². The van der Waals surface area contributed by atoms with Crippen LogP contribution < -0.4 is 0 Å². The van der Waals surface area contributed by atoms with Crippen molar-refractivity contribution >= 4 is 0 Å². The van der Waals surface area contributed by atoms with Crippen molar-refractivity contribution in [2.75, 3.05) is 0 Å². The Hall–Kier alpha value is -1.04. The maximum absolute atomic E-state index is 4.30. The molecule has 0 fully saturated rings. The summed E-state index contributed by atoms with van der Waals surface area (Å²) in [5.74, 6) is 2.72. The van der Waals surface area contributed by atoms with E-state index in [-0.39, 0.29) is 0 Å². The standard InChI is InChI=1S/C50H94/c1-6-11-15-18-21-24-27-29-31-34-37-41-46-49(44-39-14-9-4)50(47-42-38-35-32-26-23-20-17-13-8-3)48(43-10-5)45-40-36-33-30-28-25-22-19-16-12-7-2/h7-8,10,15,18,48-50H,2-3,5-6,9,11-14,16-17,19-47H2,1,4H3. The molecule has 3 unspecified atom stereocenters. The minimum atomic E-state index is 0.861. The summed E-state index contributed by atoms with van der Waals surface area (Å²) >= 11 is 0. The van der Waals surface area contributed by atoms with E-state index in [9.17, 15) is 0 Å². The van der Waals surface area contributed by atoms with Gasteiger partial charge in [0.25, 0.3) is 0 Å². The van der Waals surface area contributed by atoms with Crippen molar-refractivity contribution in [3.8, 4) is 0 Å². The Balaban J connectivity index is 4.98. The average Bonchev–Trinajstić information content (AvgIpc) is 3.12. The predicted octanol–water partition coefficient (Wildman–Crippen LogP) is 18.4. The lowest BCUT2D eigenvalue weighted by molar-refractivity contribution is 0.167. The lowest BCUT2D eigenvalue weighted by Crippen LogP contribution is -2.24. The summed E-state index contributed by atoms with van der Waals surface area (Å²) in [5.41, 5.74) is 0. The minimum absolute atomic E-state index is 0.861. The molecule has 0 heterocycles. The van der Waals surface area contributed by atoms with Gasteiger partial charge in [-0.2, -0.15) is 0 Å². The van der Waals surface area contributed by atoms with Crippen LogP contribution in [0.4, 0.5) is 0 Å². The normalized spacial score (nSPS) is 13.5. The van der Waals surface area contributed by atoms with E-state index in [1.54, 1.807) is 0 Å². The Morgan fingerprint density at radius 1 is 0.320 bits per heavy atom. The van der Waals surface area contributed by atoms with Crippen molar-refractivity contribution in [2.24, 2.45) is 17.8 Å². The Bertz CT molecular complexity index is 699. The SMILES string of the molecule is C=CCCCCCCCCCCCC(CC=C)C(CCCCCCCCCCC=C)C(CCCCC)CCCCCCCCCC=CCCC. The van der Waals surface area contributed by atoms with Crippen LogP contribution in [0.3, 0.4) is 0 Å². The molecule has 0 aromatic heterocycles. The smallest absolute Gasteiger partial charge is 0.0322 e. The van der Waals surface area contributed by atoms with Crippen LogP contribution in [0, 0.1) is 17.8 Å². The van der Waals surface area contributed by atoms with E-state index >= 15 is 0 Å². The van der Waals surface area contributed by atoms with Gasteiger partial charge in [0.1, 0.15) is 0 Å². The molecule has 0 N–H and O–H groups in total. The highest BCUT2D eigenvalue weighted by atomic mass is 14.3. The van der Waals surface area contributed by atoms with Gasteiger partial charge >= 0.3 is 0 Å². The van der Waals surface area contributed by atoms with Crippen LogP contribution in [-0.2, 0) is 0 Å². The van der Waals surface area contributed by atoms with Gasteiger partial charge in [-0.15, -0.1) is 19.7 Å². The van der Waals surface area contributed by atoms with Crippen molar-refractivity contribution in [1.82, 2.24) is 0 Å². The van der Waals surface area contributed by atoms with Crippen molar-refractivity contribution in [1.29, 1.82) is 0 Å². The van der Waals surface area contributed by atoms with Crippen molar-refractivity contribution in [3.63, 3.8) is 0 Å². The monoisotopic (exact) mass is 695 g/mol. The molecule has 0 radical (unpaired) electrons. The van der Waals surface area contributed by atoms with Crippen LogP contribution in [0.25, 0.3) is 0 Å². The van der Waals surface area contributed by atoms with Gasteiger partial charge in [-0.25, -0.2) is 0 Å². The maximum Gasteiger partial charge on any atom is -0.0322 e. The molecule has 0 aliphatic rings. The molecule has 3 atom stereocenters. The second-order valence-corrected chi connectivity index (χ2v) is 16.3. The molecule has 0 saturated heterocycles. The highest BCUT2D eigenvalue weighted by Gasteiger charge is 2.28. The molecule has 0 aromatic rings. The summed E-state index contributed by atoms with van der Waals surface area (Å²) in [6.07, 6.45) is 63.1. The van der Waals surface area contributed by atoms with Crippen LogP contribution in [0.15, 0.2) is 50.1 Å². The van der Waals surface area contributed by atoms with E-state index in [4.69, 9.17) is 0 Å². The fraction of sp³-hybridized carbons (Fsp3) is 0.840. The lowest BCUT2D eigenvalue weighted by Gasteiger charge is -2.34. The van der Waals surface area contributed by atoms with Gasteiger partial charge in [-0.3, -0.25) is 0 Å². The molecule has 50 heavy (non-hydrogen) atoms. The predicted molar refractivity (Wildman–Crippen MR) is 232 cm³/mol. The first kappa shape index (κ1) is 49.0. The molecule has 0 nitrogen and oxygen atoms in total. The Labute approximate surface area is 318 Å². The topological polar surface area (TPSA) is 0 Å². The zero-order chi connectivity index (χ0) is 36.4. The first-order chi connectivity index (χ1) is 24.7.